The van der Waals surface area contributed by atoms with Gasteiger partial charge in [0.2, 0.25) is 5.91 Å². The van der Waals surface area contributed by atoms with E-state index in [4.69, 9.17) is 4.42 Å². The van der Waals surface area contributed by atoms with Crippen LogP contribution in [0, 0.1) is 0 Å². The van der Waals surface area contributed by atoms with Gasteiger partial charge in [0.1, 0.15) is 5.76 Å². The highest BCUT2D eigenvalue weighted by Gasteiger charge is 2.39. The molecule has 1 aliphatic rings. The fourth-order valence-corrected chi connectivity index (χ4v) is 3.94. The largest absolute Gasteiger partial charge is 0.467 e. The number of nitrogens with zero attached hydrogens (tertiary/aromatic N) is 1. The quantitative estimate of drug-likeness (QED) is 0.714. The average molecular weight is 337 g/mol. The summed E-state index contributed by atoms with van der Waals surface area (Å²) in [4.78, 5) is 26.0. The maximum absolute atomic E-state index is 12.6. The third-order valence-electron chi connectivity index (χ3n) is 4.13. The van der Waals surface area contributed by atoms with Crippen molar-refractivity contribution in [1.82, 2.24) is 4.90 Å². The number of carbonyl (C=O) groups is 2. The fourth-order valence-electron chi connectivity index (χ4n) is 2.91. The third kappa shape index (κ3) is 2.83. The van der Waals surface area contributed by atoms with Gasteiger partial charge in [0.15, 0.2) is 0 Å². The van der Waals surface area contributed by atoms with Crippen LogP contribution in [-0.4, -0.2) is 21.3 Å². The summed E-state index contributed by atoms with van der Waals surface area (Å²) in [5.41, 5.74) is 1.06. The van der Waals surface area contributed by atoms with Crippen molar-refractivity contribution in [3.63, 3.8) is 0 Å². The van der Waals surface area contributed by atoms with Crippen molar-refractivity contribution in [2.24, 2.45) is 0 Å². The Labute approximate surface area is 143 Å². The van der Waals surface area contributed by atoms with Gasteiger partial charge in [-0.05, 0) is 34.9 Å². The number of furan rings is 1. The van der Waals surface area contributed by atoms with Gasteiger partial charge in [0.25, 0.3) is 5.24 Å². The first-order valence-electron chi connectivity index (χ1n) is 7.73. The number of hydrogen-bond donors (Lipinski definition) is 0. The molecule has 1 saturated heterocycles. The van der Waals surface area contributed by atoms with E-state index in [0.717, 1.165) is 22.7 Å². The van der Waals surface area contributed by atoms with Gasteiger partial charge in [-0.25, -0.2) is 0 Å². The lowest BCUT2D eigenvalue weighted by Crippen LogP contribution is -2.31. The van der Waals surface area contributed by atoms with E-state index in [0.29, 0.717) is 12.2 Å². The second-order valence-corrected chi connectivity index (χ2v) is 6.92. The summed E-state index contributed by atoms with van der Waals surface area (Å²) in [6.45, 7) is 0.200. The first kappa shape index (κ1) is 15.0. The van der Waals surface area contributed by atoms with Crippen molar-refractivity contribution < 1.29 is 14.0 Å². The summed E-state index contributed by atoms with van der Waals surface area (Å²) in [7, 11) is 0. The van der Waals surface area contributed by atoms with E-state index in [-0.39, 0.29) is 22.9 Å². The van der Waals surface area contributed by atoms with Gasteiger partial charge in [0.05, 0.1) is 18.1 Å². The lowest BCUT2D eigenvalue weighted by molar-refractivity contribution is -0.127. The van der Waals surface area contributed by atoms with Gasteiger partial charge >= 0.3 is 0 Å². The van der Waals surface area contributed by atoms with E-state index >= 15 is 0 Å². The van der Waals surface area contributed by atoms with Crippen LogP contribution in [0.15, 0.2) is 65.3 Å². The molecule has 0 spiro atoms. The van der Waals surface area contributed by atoms with Crippen LogP contribution in [0.4, 0.5) is 4.79 Å². The summed E-state index contributed by atoms with van der Waals surface area (Å²) in [5.74, 6) is 0.471. The molecule has 24 heavy (non-hydrogen) atoms. The van der Waals surface area contributed by atoms with Gasteiger partial charge in [-0.1, -0.05) is 54.2 Å². The molecular formula is C19H15NO3S. The molecule has 1 aromatic heterocycles. The maximum atomic E-state index is 12.6. The summed E-state index contributed by atoms with van der Waals surface area (Å²) in [6.07, 6.45) is 2.09. The number of hydrogen-bond acceptors (Lipinski definition) is 4. The SMILES string of the molecule is O=C1SC(Cc2ccc3ccccc3c2)C(=O)N1Cc1ccco1. The number of rotatable bonds is 4. The Morgan fingerprint density at radius 1 is 1.00 bits per heavy atom. The Kier molecular flexibility index (Phi) is 3.86. The second kappa shape index (κ2) is 6.17. The zero-order valence-corrected chi connectivity index (χ0v) is 13.7. The highest BCUT2D eigenvalue weighted by atomic mass is 32.2. The Hall–Kier alpha value is -2.53. The van der Waals surface area contributed by atoms with Gasteiger partial charge < -0.3 is 4.42 Å². The molecule has 0 saturated carbocycles. The smallest absolute Gasteiger partial charge is 0.289 e. The van der Waals surface area contributed by atoms with Crippen LogP contribution in [0.5, 0.6) is 0 Å². The summed E-state index contributed by atoms with van der Waals surface area (Å²) < 4.78 is 5.24. The minimum absolute atomic E-state index is 0.144. The maximum Gasteiger partial charge on any atom is 0.289 e. The molecular weight excluding hydrogens is 322 g/mol. The highest BCUT2D eigenvalue weighted by molar-refractivity contribution is 8.15. The molecule has 4 rings (SSSR count). The zero-order valence-electron chi connectivity index (χ0n) is 12.8. The average Bonchev–Trinajstić information content (AvgIpc) is 3.19. The first-order chi connectivity index (χ1) is 11.7. The predicted molar refractivity (Wildman–Crippen MR) is 93.7 cm³/mol. The van der Waals surface area contributed by atoms with E-state index in [1.807, 2.05) is 18.2 Å². The van der Waals surface area contributed by atoms with Crippen molar-refractivity contribution >= 4 is 33.7 Å². The molecule has 1 atom stereocenters. The molecule has 0 aliphatic carbocycles. The number of amides is 2. The number of fused-ring (bicyclic) bond motifs is 1. The van der Waals surface area contributed by atoms with Crippen LogP contribution >= 0.6 is 11.8 Å². The van der Waals surface area contributed by atoms with Crippen LogP contribution < -0.4 is 0 Å². The van der Waals surface area contributed by atoms with Crippen molar-refractivity contribution in [3.8, 4) is 0 Å². The van der Waals surface area contributed by atoms with Crippen molar-refractivity contribution in [2.45, 2.75) is 18.2 Å². The number of carbonyl (C=O) groups excluding carboxylic acids is 2. The van der Waals surface area contributed by atoms with Crippen molar-refractivity contribution in [3.05, 3.63) is 72.2 Å². The van der Waals surface area contributed by atoms with Crippen LogP contribution in [0.2, 0.25) is 0 Å². The molecule has 2 amide bonds. The summed E-state index contributed by atoms with van der Waals surface area (Å²) in [6, 6.07) is 17.8. The molecule has 2 heterocycles. The van der Waals surface area contributed by atoms with Gasteiger partial charge in [0, 0.05) is 0 Å². The number of thioether (sulfide) groups is 1. The zero-order chi connectivity index (χ0) is 16.5. The number of benzene rings is 2. The molecule has 5 heteroatoms. The lowest BCUT2D eigenvalue weighted by atomic mass is 10.0. The van der Waals surface area contributed by atoms with E-state index < -0.39 is 0 Å². The van der Waals surface area contributed by atoms with E-state index in [1.165, 1.54) is 10.3 Å². The van der Waals surface area contributed by atoms with Gasteiger partial charge in [-0.15, -0.1) is 0 Å². The number of imide groups is 1. The molecule has 1 aliphatic heterocycles. The Bertz CT molecular complexity index is 904. The second-order valence-electron chi connectivity index (χ2n) is 5.76. The van der Waals surface area contributed by atoms with Crippen LogP contribution in [0.25, 0.3) is 10.8 Å². The molecule has 120 valence electrons. The monoisotopic (exact) mass is 337 g/mol. The molecule has 1 fully saturated rings. The minimum Gasteiger partial charge on any atom is -0.467 e. The normalized spacial score (nSPS) is 17.8. The van der Waals surface area contributed by atoms with Crippen molar-refractivity contribution in [2.75, 3.05) is 0 Å². The molecule has 0 N–H and O–H groups in total. The van der Waals surface area contributed by atoms with E-state index in [2.05, 4.69) is 24.3 Å². The lowest BCUT2D eigenvalue weighted by Gasteiger charge is -2.12. The van der Waals surface area contributed by atoms with Crippen LogP contribution in [0.3, 0.4) is 0 Å². The Balaban J connectivity index is 1.51. The standard InChI is InChI=1S/C19H15NO3S/c21-18-17(24-19(22)20(18)12-16-6-3-9-23-16)11-13-7-8-14-4-1-2-5-15(14)10-13/h1-10,17H,11-12H2. The Morgan fingerprint density at radius 2 is 1.83 bits per heavy atom. The summed E-state index contributed by atoms with van der Waals surface area (Å²) >= 11 is 1.10. The Morgan fingerprint density at radius 3 is 2.62 bits per heavy atom. The highest BCUT2D eigenvalue weighted by Crippen LogP contribution is 2.31. The summed E-state index contributed by atoms with van der Waals surface area (Å²) in [5, 5.41) is 1.74. The third-order valence-corrected chi connectivity index (χ3v) is 5.21. The van der Waals surface area contributed by atoms with Gasteiger partial charge in [-0.2, -0.15) is 0 Å². The van der Waals surface area contributed by atoms with Crippen molar-refractivity contribution in [1.29, 1.82) is 0 Å². The molecule has 2 aromatic carbocycles. The molecule has 4 nitrogen and oxygen atoms in total. The molecule has 3 aromatic rings. The van der Waals surface area contributed by atoms with Crippen LogP contribution in [-0.2, 0) is 17.8 Å². The molecule has 1 unspecified atom stereocenters. The fraction of sp³-hybridized carbons (Fsp3) is 0.158. The van der Waals surface area contributed by atoms with E-state index in [1.54, 1.807) is 18.4 Å². The van der Waals surface area contributed by atoms with Gasteiger partial charge in [-0.3, -0.25) is 14.5 Å². The minimum atomic E-state index is -0.367. The molecule has 0 radical (unpaired) electrons. The predicted octanol–water partition coefficient (Wildman–Crippen LogP) is 4.24. The first-order valence-corrected chi connectivity index (χ1v) is 8.61. The topological polar surface area (TPSA) is 50.5 Å². The molecule has 0 bridgehead atoms. The van der Waals surface area contributed by atoms with Crippen LogP contribution in [0.1, 0.15) is 11.3 Å². The van der Waals surface area contributed by atoms with E-state index in [9.17, 15) is 9.59 Å².